The summed E-state index contributed by atoms with van der Waals surface area (Å²) in [6.07, 6.45) is 6.67. The van der Waals surface area contributed by atoms with Gasteiger partial charge in [-0.3, -0.25) is 0 Å². The maximum Gasteiger partial charge on any atom is 0.103 e. The molecule has 0 spiro atoms. The predicted octanol–water partition coefficient (Wildman–Crippen LogP) is 3.48. The van der Waals surface area contributed by atoms with Crippen LogP contribution in [0, 0.1) is 0 Å². The number of thioether (sulfide) groups is 1. The summed E-state index contributed by atoms with van der Waals surface area (Å²) in [5.41, 5.74) is 0. The molecule has 0 bridgehead atoms. The van der Waals surface area contributed by atoms with E-state index < -0.39 is 0 Å². The molecule has 1 saturated heterocycles. The standard InChI is InChI=1S/C14H23NOS/c1-12(6-7-13-5-3-9-16-13)15-11-14(2)8-4-10-17-14/h3,5,9,12,15H,4,6-8,10-11H2,1-2H3. The Hall–Kier alpha value is -0.410. The Labute approximate surface area is 109 Å². The van der Waals surface area contributed by atoms with E-state index >= 15 is 0 Å². The van der Waals surface area contributed by atoms with Gasteiger partial charge in [-0.2, -0.15) is 11.8 Å². The van der Waals surface area contributed by atoms with Gasteiger partial charge in [0.2, 0.25) is 0 Å². The van der Waals surface area contributed by atoms with Gasteiger partial charge in [-0.25, -0.2) is 0 Å². The molecule has 0 aromatic carbocycles. The molecule has 2 nitrogen and oxygen atoms in total. The minimum atomic E-state index is 0.471. The van der Waals surface area contributed by atoms with Crippen molar-refractivity contribution in [1.29, 1.82) is 0 Å². The van der Waals surface area contributed by atoms with Gasteiger partial charge in [-0.1, -0.05) is 0 Å². The van der Waals surface area contributed by atoms with Crippen molar-refractivity contribution < 1.29 is 4.42 Å². The molecule has 2 unspecified atom stereocenters. The molecule has 0 saturated carbocycles. The number of nitrogens with one attached hydrogen (secondary N) is 1. The average molecular weight is 253 g/mol. The zero-order valence-corrected chi connectivity index (χ0v) is 11.7. The molecule has 1 fully saturated rings. The van der Waals surface area contributed by atoms with Crippen molar-refractivity contribution in [2.24, 2.45) is 0 Å². The first-order chi connectivity index (χ1) is 8.18. The largest absolute Gasteiger partial charge is 0.469 e. The molecular weight excluding hydrogens is 230 g/mol. The molecule has 2 heterocycles. The predicted molar refractivity (Wildman–Crippen MR) is 74.6 cm³/mol. The lowest BCUT2D eigenvalue weighted by Crippen LogP contribution is -2.38. The fourth-order valence-corrected chi connectivity index (χ4v) is 3.54. The van der Waals surface area contributed by atoms with E-state index in [4.69, 9.17) is 4.42 Å². The van der Waals surface area contributed by atoms with Gasteiger partial charge in [0.1, 0.15) is 5.76 Å². The van der Waals surface area contributed by atoms with Crippen molar-refractivity contribution in [3.63, 3.8) is 0 Å². The van der Waals surface area contributed by atoms with E-state index in [1.807, 2.05) is 6.07 Å². The Morgan fingerprint density at radius 2 is 2.47 bits per heavy atom. The molecule has 2 atom stereocenters. The molecule has 96 valence electrons. The van der Waals surface area contributed by atoms with Gasteiger partial charge in [0.25, 0.3) is 0 Å². The third kappa shape index (κ3) is 4.07. The van der Waals surface area contributed by atoms with Crippen LogP contribution in [0.5, 0.6) is 0 Å². The lowest BCUT2D eigenvalue weighted by molar-refractivity contribution is 0.438. The van der Waals surface area contributed by atoms with Gasteiger partial charge >= 0.3 is 0 Å². The van der Waals surface area contributed by atoms with Crippen LogP contribution in [-0.2, 0) is 6.42 Å². The summed E-state index contributed by atoms with van der Waals surface area (Å²) in [4.78, 5) is 0. The summed E-state index contributed by atoms with van der Waals surface area (Å²) in [6, 6.07) is 4.59. The highest BCUT2D eigenvalue weighted by Gasteiger charge is 2.29. The second-order valence-electron chi connectivity index (χ2n) is 5.30. The fraction of sp³-hybridized carbons (Fsp3) is 0.714. The zero-order valence-electron chi connectivity index (χ0n) is 10.9. The van der Waals surface area contributed by atoms with E-state index in [-0.39, 0.29) is 0 Å². The van der Waals surface area contributed by atoms with Gasteiger partial charge in [0.05, 0.1) is 6.26 Å². The van der Waals surface area contributed by atoms with Crippen molar-refractivity contribution in [1.82, 2.24) is 5.32 Å². The Balaban J connectivity index is 1.65. The van der Waals surface area contributed by atoms with Crippen LogP contribution in [0.2, 0.25) is 0 Å². The average Bonchev–Trinajstić information content (AvgIpc) is 2.95. The second-order valence-corrected chi connectivity index (χ2v) is 6.98. The Morgan fingerprint density at radius 3 is 3.12 bits per heavy atom. The van der Waals surface area contributed by atoms with Crippen LogP contribution < -0.4 is 5.32 Å². The van der Waals surface area contributed by atoms with Crippen molar-refractivity contribution in [2.45, 2.75) is 50.3 Å². The number of furan rings is 1. The first-order valence-corrected chi connectivity index (χ1v) is 7.56. The van der Waals surface area contributed by atoms with E-state index in [0.717, 1.165) is 25.1 Å². The SMILES string of the molecule is CC(CCc1ccco1)NCC1(C)CCCS1. The molecule has 1 aromatic rings. The van der Waals surface area contributed by atoms with Gasteiger partial charge < -0.3 is 9.73 Å². The van der Waals surface area contributed by atoms with Gasteiger partial charge in [-0.05, 0) is 51.0 Å². The van der Waals surface area contributed by atoms with Crippen LogP contribution in [0.15, 0.2) is 22.8 Å². The molecule has 17 heavy (non-hydrogen) atoms. The third-order valence-corrected chi connectivity index (χ3v) is 5.07. The maximum absolute atomic E-state index is 5.35. The molecule has 1 aromatic heterocycles. The third-order valence-electron chi connectivity index (χ3n) is 3.53. The van der Waals surface area contributed by atoms with E-state index in [9.17, 15) is 0 Å². The van der Waals surface area contributed by atoms with Gasteiger partial charge in [0, 0.05) is 23.8 Å². The maximum atomic E-state index is 5.35. The summed E-state index contributed by atoms with van der Waals surface area (Å²) in [7, 11) is 0. The Kier molecular flexibility index (Phi) is 4.57. The minimum absolute atomic E-state index is 0.471. The summed E-state index contributed by atoms with van der Waals surface area (Å²) in [5.74, 6) is 2.43. The lowest BCUT2D eigenvalue weighted by Gasteiger charge is -2.25. The molecule has 1 aliphatic rings. The highest BCUT2D eigenvalue weighted by Crippen LogP contribution is 2.37. The molecule has 0 aliphatic carbocycles. The molecule has 2 rings (SSSR count). The van der Waals surface area contributed by atoms with E-state index in [1.165, 1.54) is 18.6 Å². The van der Waals surface area contributed by atoms with Crippen LogP contribution in [0.4, 0.5) is 0 Å². The van der Waals surface area contributed by atoms with Crippen molar-refractivity contribution in [3.8, 4) is 0 Å². The smallest absolute Gasteiger partial charge is 0.103 e. The van der Waals surface area contributed by atoms with Crippen LogP contribution in [0.3, 0.4) is 0 Å². The highest BCUT2D eigenvalue weighted by molar-refractivity contribution is 8.00. The van der Waals surface area contributed by atoms with Crippen LogP contribution in [-0.4, -0.2) is 23.1 Å². The van der Waals surface area contributed by atoms with Crippen molar-refractivity contribution >= 4 is 11.8 Å². The number of hydrogen-bond acceptors (Lipinski definition) is 3. The van der Waals surface area contributed by atoms with E-state index in [2.05, 4.69) is 37.0 Å². The molecule has 1 N–H and O–H groups in total. The van der Waals surface area contributed by atoms with Gasteiger partial charge in [-0.15, -0.1) is 0 Å². The van der Waals surface area contributed by atoms with Crippen LogP contribution in [0.25, 0.3) is 0 Å². The molecule has 0 amide bonds. The first kappa shape index (κ1) is 13.0. The van der Waals surface area contributed by atoms with Crippen LogP contribution >= 0.6 is 11.8 Å². The number of aryl methyl sites for hydroxylation is 1. The molecule has 3 heteroatoms. The Morgan fingerprint density at radius 1 is 1.59 bits per heavy atom. The first-order valence-electron chi connectivity index (χ1n) is 6.58. The summed E-state index contributed by atoms with van der Waals surface area (Å²) in [5, 5.41) is 3.66. The van der Waals surface area contributed by atoms with E-state index in [1.54, 1.807) is 6.26 Å². The monoisotopic (exact) mass is 253 g/mol. The fourth-order valence-electron chi connectivity index (χ4n) is 2.28. The lowest BCUT2D eigenvalue weighted by atomic mass is 10.0. The van der Waals surface area contributed by atoms with Crippen LogP contribution in [0.1, 0.15) is 38.9 Å². The minimum Gasteiger partial charge on any atom is -0.469 e. The molecule has 1 aliphatic heterocycles. The Bertz CT molecular complexity index is 317. The van der Waals surface area contributed by atoms with Crippen molar-refractivity contribution in [3.05, 3.63) is 24.2 Å². The van der Waals surface area contributed by atoms with Gasteiger partial charge in [0.15, 0.2) is 0 Å². The topological polar surface area (TPSA) is 25.2 Å². The quantitative estimate of drug-likeness (QED) is 0.840. The normalized spacial score (nSPS) is 26.2. The number of rotatable bonds is 6. The summed E-state index contributed by atoms with van der Waals surface area (Å²) < 4.78 is 5.82. The molecule has 0 radical (unpaired) electrons. The van der Waals surface area contributed by atoms with Crippen molar-refractivity contribution in [2.75, 3.05) is 12.3 Å². The summed E-state index contributed by atoms with van der Waals surface area (Å²) >= 11 is 2.12. The number of hydrogen-bond donors (Lipinski definition) is 1. The second kappa shape index (κ2) is 5.96. The van der Waals surface area contributed by atoms with E-state index in [0.29, 0.717) is 10.8 Å². The highest BCUT2D eigenvalue weighted by atomic mass is 32.2. The summed E-state index contributed by atoms with van der Waals surface area (Å²) in [6.45, 7) is 5.79. The zero-order chi connectivity index (χ0) is 12.1. The molecular formula is C14H23NOS.